The predicted molar refractivity (Wildman–Crippen MR) is 64.6 cm³/mol. The van der Waals surface area contributed by atoms with Gasteiger partial charge in [0.05, 0.1) is 0 Å². The first kappa shape index (κ1) is 11.0. The molecule has 0 atom stereocenters. The highest BCUT2D eigenvalue weighted by atomic mass is 14.2. The number of aryl methyl sites for hydroxylation is 1. The minimum Gasteiger partial charge on any atom is -0.0955 e. The third-order valence-electron chi connectivity index (χ3n) is 2.55. The van der Waals surface area contributed by atoms with Crippen LogP contribution in [0.1, 0.15) is 44.4 Å². The Balaban J connectivity index is 3.20. The second kappa shape index (κ2) is 3.61. The molecule has 0 fully saturated rings. The van der Waals surface area contributed by atoms with Crippen LogP contribution in [0.4, 0.5) is 0 Å². The quantitative estimate of drug-likeness (QED) is 0.615. The van der Waals surface area contributed by atoms with Crippen LogP contribution in [0.2, 0.25) is 0 Å². The molecule has 0 aliphatic rings. The molecule has 0 aliphatic carbocycles. The second-order valence-electron chi connectivity index (χ2n) is 5.06. The summed E-state index contributed by atoms with van der Waals surface area (Å²) in [5.41, 5.74) is 5.36. The molecule has 14 heavy (non-hydrogen) atoms. The van der Waals surface area contributed by atoms with Crippen LogP contribution in [0.15, 0.2) is 24.8 Å². The summed E-state index contributed by atoms with van der Waals surface area (Å²) in [5.74, 6) is 0. The Bertz CT molecular complexity index is 351. The minimum atomic E-state index is 0.234. The molecule has 0 amide bonds. The number of benzene rings is 1. The van der Waals surface area contributed by atoms with Gasteiger partial charge >= 0.3 is 0 Å². The molecular formula is C14H20. The topological polar surface area (TPSA) is 0 Å². The predicted octanol–water partition coefficient (Wildman–Crippen LogP) is 4.33. The van der Waals surface area contributed by atoms with Crippen molar-refractivity contribution in [3.8, 4) is 0 Å². The zero-order valence-electron chi connectivity index (χ0n) is 9.94. The molecule has 0 spiro atoms. The average Bonchev–Trinajstić information content (AvgIpc) is 2.01. The van der Waals surface area contributed by atoms with Crippen LogP contribution in [0, 0.1) is 6.92 Å². The van der Waals surface area contributed by atoms with E-state index in [1.807, 2.05) is 0 Å². The van der Waals surface area contributed by atoms with Crippen LogP contribution in [0.25, 0.3) is 5.57 Å². The number of hydrogen-bond acceptors (Lipinski definition) is 0. The van der Waals surface area contributed by atoms with Crippen LogP contribution in [-0.2, 0) is 5.41 Å². The van der Waals surface area contributed by atoms with Crippen molar-refractivity contribution in [2.75, 3.05) is 0 Å². The highest BCUT2D eigenvalue weighted by molar-refractivity contribution is 5.64. The second-order valence-corrected chi connectivity index (χ2v) is 5.06. The van der Waals surface area contributed by atoms with E-state index in [1.54, 1.807) is 0 Å². The van der Waals surface area contributed by atoms with Crippen molar-refractivity contribution in [1.82, 2.24) is 0 Å². The van der Waals surface area contributed by atoms with Gasteiger partial charge in [0.1, 0.15) is 0 Å². The molecule has 1 rings (SSSR count). The molecule has 0 aromatic heterocycles. The van der Waals surface area contributed by atoms with Gasteiger partial charge in [-0.1, -0.05) is 51.1 Å². The first-order valence-corrected chi connectivity index (χ1v) is 5.09. The fourth-order valence-corrected chi connectivity index (χ4v) is 1.61. The Morgan fingerprint density at radius 3 is 2.14 bits per heavy atom. The normalized spacial score (nSPS) is 11.5. The van der Waals surface area contributed by atoms with Gasteiger partial charge in [-0.3, -0.25) is 0 Å². The van der Waals surface area contributed by atoms with Gasteiger partial charge in [-0.05, 0) is 36.0 Å². The molecule has 0 heterocycles. The molecule has 0 nitrogen and oxygen atoms in total. The molecule has 76 valence electrons. The van der Waals surface area contributed by atoms with E-state index < -0.39 is 0 Å². The van der Waals surface area contributed by atoms with E-state index in [0.717, 1.165) is 5.57 Å². The Morgan fingerprint density at radius 1 is 1.21 bits per heavy atom. The lowest BCUT2D eigenvalue weighted by molar-refractivity contribution is 0.589. The van der Waals surface area contributed by atoms with Gasteiger partial charge in [0.25, 0.3) is 0 Å². The molecule has 0 heteroatoms. The summed E-state index contributed by atoms with van der Waals surface area (Å²) in [4.78, 5) is 0. The third kappa shape index (κ3) is 2.25. The average molecular weight is 188 g/mol. The first-order valence-electron chi connectivity index (χ1n) is 5.09. The summed E-state index contributed by atoms with van der Waals surface area (Å²) in [6.45, 7) is 14.9. The molecule has 0 aliphatic heterocycles. The van der Waals surface area contributed by atoms with Crippen LogP contribution in [-0.4, -0.2) is 0 Å². The molecule has 0 N–H and O–H groups in total. The molecule has 0 bridgehead atoms. The van der Waals surface area contributed by atoms with E-state index in [2.05, 4.69) is 59.4 Å². The van der Waals surface area contributed by atoms with E-state index in [0.29, 0.717) is 0 Å². The highest BCUT2D eigenvalue weighted by Crippen LogP contribution is 2.26. The maximum atomic E-state index is 3.98. The Labute approximate surface area is 87.7 Å². The molecule has 1 aromatic rings. The van der Waals surface area contributed by atoms with Gasteiger partial charge in [-0.15, -0.1) is 0 Å². The number of hydrogen-bond donors (Lipinski definition) is 0. The van der Waals surface area contributed by atoms with Gasteiger partial charge in [-0.25, -0.2) is 0 Å². The first-order chi connectivity index (χ1) is 6.32. The van der Waals surface area contributed by atoms with Gasteiger partial charge in [0, 0.05) is 0 Å². The molecule has 0 radical (unpaired) electrons. The fourth-order valence-electron chi connectivity index (χ4n) is 1.61. The lowest BCUT2D eigenvalue weighted by Gasteiger charge is -2.20. The summed E-state index contributed by atoms with van der Waals surface area (Å²) in [6.07, 6.45) is 0. The van der Waals surface area contributed by atoms with E-state index >= 15 is 0 Å². The Kier molecular flexibility index (Phi) is 2.84. The zero-order chi connectivity index (χ0) is 10.9. The number of allylic oxidation sites excluding steroid dienone is 1. The molecular weight excluding hydrogens is 168 g/mol. The van der Waals surface area contributed by atoms with Crippen molar-refractivity contribution < 1.29 is 0 Å². The van der Waals surface area contributed by atoms with Gasteiger partial charge in [-0.2, -0.15) is 0 Å². The van der Waals surface area contributed by atoms with Crippen molar-refractivity contribution in [2.24, 2.45) is 0 Å². The highest BCUT2D eigenvalue weighted by Gasteiger charge is 2.14. The van der Waals surface area contributed by atoms with Crippen molar-refractivity contribution >= 4 is 5.57 Å². The Hall–Kier alpha value is -1.04. The van der Waals surface area contributed by atoms with Crippen molar-refractivity contribution in [1.29, 1.82) is 0 Å². The minimum absolute atomic E-state index is 0.234. The largest absolute Gasteiger partial charge is 0.0955 e. The molecule has 1 aromatic carbocycles. The van der Waals surface area contributed by atoms with Crippen LogP contribution in [0.5, 0.6) is 0 Å². The maximum Gasteiger partial charge on any atom is -0.0132 e. The summed E-state index contributed by atoms with van der Waals surface area (Å²) in [5, 5.41) is 0. The smallest absolute Gasteiger partial charge is 0.0132 e. The van der Waals surface area contributed by atoms with Crippen molar-refractivity contribution in [2.45, 2.75) is 40.0 Å². The van der Waals surface area contributed by atoms with Gasteiger partial charge < -0.3 is 0 Å². The van der Waals surface area contributed by atoms with Crippen LogP contribution < -0.4 is 0 Å². The van der Waals surface area contributed by atoms with Crippen LogP contribution >= 0.6 is 0 Å². The molecule has 0 unspecified atom stereocenters. The monoisotopic (exact) mass is 188 g/mol. The molecule has 0 saturated carbocycles. The van der Waals surface area contributed by atoms with Crippen LogP contribution in [0.3, 0.4) is 0 Å². The Morgan fingerprint density at radius 2 is 1.79 bits per heavy atom. The number of rotatable bonds is 1. The zero-order valence-corrected chi connectivity index (χ0v) is 9.94. The standard InChI is InChI=1S/C14H20/c1-10(2)13-8-7-12(9-11(13)3)14(4,5)6/h7-9H,1H2,2-6H3. The lowest BCUT2D eigenvalue weighted by Crippen LogP contribution is -2.11. The summed E-state index contributed by atoms with van der Waals surface area (Å²) >= 11 is 0. The fraction of sp³-hybridized carbons (Fsp3) is 0.429. The van der Waals surface area contributed by atoms with E-state index in [9.17, 15) is 0 Å². The SMILES string of the molecule is C=C(C)c1ccc(C(C)(C)C)cc1C. The van der Waals surface area contributed by atoms with Crippen molar-refractivity contribution in [3.05, 3.63) is 41.5 Å². The maximum absolute atomic E-state index is 3.98. The van der Waals surface area contributed by atoms with E-state index in [4.69, 9.17) is 0 Å². The lowest BCUT2D eigenvalue weighted by atomic mass is 9.85. The van der Waals surface area contributed by atoms with Gasteiger partial charge in [0.15, 0.2) is 0 Å². The van der Waals surface area contributed by atoms with Gasteiger partial charge in [0.2, 0.25) is 0 Å². The van der Waals surface area contributed by atoms with Crippen molar-refractivity contribution in [3.63, 3.8) is 0 Å². The van der Waals surface area contributed by atoms with E-state index in [-0.39, 0.29) is 5.41 Å². The van der Waals surface area contributed by atoms with E-state index in [1.165, 1.54) is 16.7 Å². The summed E-state index contributed by atoms with van der Waals surface area (Å²) in [6, 6.07) is 6.65. The summed E-state index contributed by atoms with van der Waals surface area (Å²) < 4.78 is 0. The summed E-state index contributed by atoms with van der Waals surface area (Å²) in [7, 11) is 0. The third-order valence-corrected chi connectivity index (χ3v) is 2.55. The molecule has 0 saturated heterocycles.